The largest absolute Gasteiger partial charge is 0.299 e. The molecule has 1 aromatic carbocycles. The van der Waals surface area contributed by atoms with Crippen LogP contribution in [0.3, 0.4) is 0 Å². The quantitative estimate of drug-likeness (QED) is 0.758. The van der Waals surface area contributed by atoms with Crippen molar-refractivity contribution in [1.82, 2.24) is 9.88 Å². The van der Waals surface area contributed by atoms with Crippen molar-refractivity contribution in [2.45, 2.75) is 38.1 Å². The number of halogens is 1. The first-order valence-electron chi connectivity index (χ1n) is 7.85. The van der Waals surface area contributed by atoms with Crippen molar-refractivity contribution in [3.63, 3.8) is 0 Å². The zero-order chi connectivity index (χ0) is 14.8. The van der Waals surface area contributed by atoms with Crippen LogP contribution < -0.4 is 0 Å². The van der Waals surface area contributed by atoms with Crippen LogP contribution in [0.1, 0.15) is 31.0 Å². The summed E-state index contributed by atoms with van der Waals surface area (Å²) in [5.41, 5.74) is 3.66. The molecule has 1 saturated heterocycles. The summed E-state index contributed by atoms with van der Waals surface area (Å²) in [6, 6.07) is 10.7. The van der Waals surface area contributed by atoms with Crippen molar-refractivity contribution in [3.05, 3.63) is 41.6 Å². The normalized spacial score (nSPS) is 19.0. The molecule has 112 valence electrons. The lowest BCUT2D eigenvalue weighted by molar-refractivity contribution is 0.179. The minimum atomic E-state index is 0.642. The lowest BCUT2D eigenvalue weighted by atomic mass is 9.94. The van der Waals surface area contributed by atoms with E-state index in [9.17, 15) is 0 Å². The molecule has 0 bridgehead atoms. The molecular formula is C18H23BrN2. The highest BCUT2D eigenvalue weighted by atomic mass is 79.9. The smallest absolute Gasteiger partial charge is 0.0708 e. The number of para-hydroxylation sites is 1. The fourth-order valence-corrected chi connectivity index (χ4v) is 3.87. The molecule has 21 heavy (non-hydrogen) atoms. The SMILES string of the molecule is Cc1cc(CN2CCC(C(C)Br)CC2)c2ccccc2n1. The molecule has 2 nitrogen and oxygen atoms in total. The summed E-state index contributed by atoms with van der Waals surface area (Å²) >= 11 is 3.74. The van der Waals surface area contributed by atoms with Crippen LogP contribution >= 0.6 is 15.9 Å². The minimum Gasteiger partial charge on any atom is -0.299 e. The van der Waals surface area contributed by atoms with Crippen LogP contribution in [0.25, 0.3) is 10.9 Å². The number of hydrogen-bond donors (Lipinski definition) is 0. The molecular weight excluding hydrogens is 324 g/mol. The first-order chi connectivity index (χ1) is 10.1. The van der Waals surface area contributed by atoms with Crippen LogP contribution in [0.4, 0.5) is 0 Å². The van der Waals surface area contributed by atoms with E-state index in [1.54, 1.807) is 0 Å². The molecule has 0 N–H and O–H groups in total. The third-order valence-electron chi connectivity index (χ3n) is 4.61. The highest BCUT2D eigenvalue weighted by molar-refractivity contribution is 9.09. The van der Waals surface area contributed by atoms with Gasteiger partial charge < -0.3 is 0 Å². The number of aryl methyl sites for hydroxylation is 1. The van der Waals surface area contributed by atoms with E-state index in [1.807, 2.05) is 0 Å². The first kappa shape index (κ1) is 15.0. The molecule has 0 saturated carbocycles. The number of pyridine rings is 1. The molecule has 1 fully saturated rings. The third kappa shape index (κ3) is 3.46. The van der Waals surface area contributed by atoms with E-state index >= 15 is 0 Å². The molecule has 0 spiro atoms. The van der Waals surface area contributed by atoms with Gasteiger partial charge in [0.05, 0.1) is 5.52 Å². The van der Waals surface area contributed by atoms with E-state index in [2.05, 4.69) is 70.0 Å². The molecule has 1 aliphatic rings. The molecule has 1 unspecified atom stereocenters. The van der Waals surface area contributed by atoms with E-state index in [0.29, 0.717) is 4.83 Å². The predicted molar refractivity (Wildman–Crippen MR) is 92.9 cm³/mol. The number of aromatic nitrogens is 1. The minimum absolute atomic E-state index is 0.642. The summed E-state index contributed by atoms with van der Waals surface area (Å²) in [4.78, 5) is 7.87. The Labute approximate surface area is 135 Å². The second kappa shape index (κ2) is 6.45. The molecule has 1 aromatic heterocycles. The summed E-state index contributed by atoms with van der Waals surface area (Å²) in [5.74, 6) is 0.831. The fraction of sp³-hybridized carbons (Fsp3) is 0.500. The Morgan fingerprint density at radius 1 is 1.29 bits per heavy atom. The number of rotatable bonds is 3. The Morgan fingerprint density at radius 3 is 2.71 bits per heavy atom. The second-order valence-electron chi connectivity index (χ2n) is 6.23. The van der Waals surface area contributed by atoms with Crippen LogP contribution in [-0.2, 0) is 6.54 Å². The van der Waals surface area contributed by atoms with E-state index in [1.165, 1.54) is 36.9 Å². The molecule has 1 atom stereocenters. The van der Waals surface area contributed by atoms with Crippen LogP contribution in [0.2, 0.25) is 0 Å². The van der Waals surface area contributed by atoms with Crippen LogP contribution in [0.15, 0.2) is 30.3 Å². The summed E-state index contributed by atoms with van der Waals surface area (Å²) in [5, 5.41) is 1.30. The van der Waals surface area contributed by atoms with Crippen LogP contribution in [0.5, 0.6) is 0 Å². The maximum Gasteiger partial charge on any atom is 0.0708 e. The lowest BCUT2D eigenvalue weighted by Gasteiger charge is -2.33. The van der Waals surface area contributed by atoms with Gasteiger partial charge in [0.2, 0.25) is 0 Å². The molecule has 3 heteroatoms. The highest BCUT2D eigenvalue weighted by Gasteiger charge is 2.22. The van der Waals surface area contributed by atoms with Gasteiger partial charge in [-0.25, -0.2) is 0 Å². The Bertz CT molecular complexity index is 616. The Balaban J connectivity index is 1.77. The second-order valence-corrected chi connectivity index (χ2v) is 7.68. The van der Waals surface area contributed by atoms with Gasteiger partial charge in [-0.3, -0.25) is 9.88 Å². The standard InChI is InChI=1S/C18H23BrN2/c1-13-11-16(17-5-3-4-6-18(17)20-13)12-21-9-7-15(8-10-21)14(2)19/h3-6,11,14-15H,7-10,12H2,1-2H3. The molecule has 1 aliphatic heterocycles. The van der Waals surface area contributed by atoms with Gasteiger partial charge in [0.1, 0.15) is 0 Å². The van der Waals surface area contributed by atoms with Gasteiger partial charge >= 0.3 is 0 Å². The van der Waals surface area contributed by atoms with E-state index in [4.69, 9.17) is 0 Å². The van der Waals surface area contributed by atoms with Crippen molar-refractivity contribution in [2.75, 3.05) is 13.1 Å². The van der Waals surface area contributed by atoms with E-state index in [-0.39, 0.29) is 0 Å². The molecule has 0 radical (unpaired) electrons. The summed E-state index contributed by atoms with van der Waals surface area (Å²) in [6.07, 6.45) is 2.60. The number of alkyl halides is 1. The van der Waals surface area contributed by atoms with Gasteiger partial charge in [0, 0.05) is 22.5 Å². The number of hydrogen-bond acceptors (Lipinski definition) is 2. The zero-order valence-electron chi connectivity index (χ0n) is 12.8. The average Bonchev–Trinajstić information content (AvgIpc) is 2.47. The Kier molecular flexibility index (Phi) is 4.60. The number of benzene rings is 1. The predicted octanol–water partition coefficient (Wildman–Crippen LogP) is 4.54. The number of nitrogens with zero attached hydrogens (tertiary/aromatic N) is 2. The van der Waals surface area contributed by atoms with E-state index < -0.39 is 0 Å². The van der Waals surface area contributed by atoms with E-state index in [0.717, 1.165) is 23.7 Å². The van der Waals surface area contributed by atoms with Gasteiger partial charge in [-0.1, -0.05) is 41.1 Å². The van der Waals surface area contributed by atoms with Gasteiger partial charge in [0.25, 0.3) is 0 Å². The molecule has 2 aromatic rings. The van der Waals surface area contributed by atoms with Crippen molar-refractivity contribution in [1.29, 1.82) is 0 Å². The lowest BCUT2D eigenvalue weighted by Crippen LogP contribution is -2.35. The number of likely N-dealkylation sites (tertiary alicyclic amines) is 1. The maximum absolute atomic E-state index is 4.64. The summed E-state index contributed by atoms with van der Waals surface area (Å²) in [7, 11) is 0. The number of piperidine rings is 1. The van der Waals surface area contributed by atoms with Gasteiger partial charge in [-0.2, -0.15) is 0 Å². The Morgan fingerprint density at radius 2 is 2.00 bits per heavy atom. The summed E-state index contributed by atoms with van der Waals surface area (Å²) < 4.78 is 0. The Hall–Kier alpha value is -0.930. The van der Waals surface area contributed by atoms with Crippen LogP contribution in [-0.4, -0.2) is 27.8 Å². The molecule has 0 aliphatic carbocycles. The van der Waals surface area contributed by atoms with Crippen LogP contribution in [0, 0.1) is 12.8 Å². The fourth-order valence-electron chi connectivity index (χ4n) is 3.34. The van der Waals surface area contributed by atoms with Crippen molar-refractivity contribution < 1.29 is 0 Å². The maximum atomic E-state index is 4.64. The van der Waals surface area contributed by atoms with Gasteiger partial charge in [-0.05, 0) is 56.5 Å². The molecule has 3 rings (SSSR count). The monoisotopic (exact) mass is 346 g/mol. The first-order valence-corrected chi connectivity index (χ1v) is 8.77. The average molecular weight is 347 g/mol. The van der Waals surface area contributed by atoms with Gasteiger partial charge in [-0.15, -0.1) is 0 Å². The van der Waals surface area contributed by atoms with Crippen molar-refractivity contribution in [3.8, 4) is 0 Å². The van der Waals surface area contributed by atoms with Crippen molar-refractivity contribution >= 4 is 26.8 Å². The van der Waals surface area contributed by atoms with Crippen molar-refractivity contribution in [2.24, 2.45) is 5.92 Å². The zero-order valence-corrected chi connectivity index (χ0v) is 14.4. The van der Waals surface area contributed by atoms with Gasteiger partial charge in [0.15, 0.2) is 0 Å². The third-order valence-corrected chi connectivity index (χ3v) is 5.35. The summed E-state index contributed by atoms with van der Waals surface area (Å²) in [6.45, 7) is 7.83. The molecule has 2 heterocycles. The number of fused-ring (bicyclic) bond motifs is 1. The topological polar surface area (TPSA) is 16.1 Å². The molecule has 0 amide bonds. The highest BCUT2D eigenvalue weighted by Crippen LogP contribution is 2.27.